The number of fused-ring (bicyclic) bond motifs is 1. The van der Waals surface area contributed by atoms with Gasteiger partial charge in [0.05, 0.1) is 11.4 Å². The summed E-state index contributed by atoms with van der Waals surface area (Å²) < 4.78 is 1.85. The number of carbonyl (C=O) groups is 1. The Labute approximate surface area is 176 Å². The van der Waals surface area contributed by atoms with E-state index in [1.807, 2.05) is 53.1 Å². The van der Waals surface area contributed by atoms with Crippen molar-refractivity contribution in [2.45, 2.75) is 6.92 Å². The Morgan fingerprint density at radius 2 is 1.20 bits per heavy atom. The predicted octanol–water partition coefficient (Wildman–Crippen LogP) is 7.30. The highest BCUT2D eigenvalue weighted by Gasteiger charge is 2.21. The highest BCUT2D eigenvalue weighted by atomic mass is 16.1. The summed E-state index contributed by atoms with van der Waals surface area (Å²) in [6.07, 6.45) is 0. The molecule has 1 aromatic heterocycles. The molecule has 0 aliphatic heterocycles. The lowest BCUT2D eigenvalue weighted by molar-refractivity contribution is 0.0940. The standard InChI is InChI=1S/C28H21NO/c1-20(30)29-27(25-17-16-21-10-8-9-15-24(21)18-25)19-26(22-11-4-2-5-12-22)28(29)23-13-6-3-7-14-23/h2-19H,1H3. The Hall–Kier alpha value is -3.91. The fourth-order valence-corrected chi connectivity index (χ4v) is 4.12. The van der Waals surface area contributed by atoms with Gasteiger partial charge in [-0.1, -0.05) is 97.1 Å². The van der Waals surface area contributed by atoms with Gasteiger partial charge in [0.2, 0.25) is 5.91 Å². The molecular weight excluding hydrogens is 366 g/mol. The van der Waals surface area contributed by atoms with Crippen molar-refractivity contribution in [2.75, 3.05) is 0 Å². The van der Waals surface area contributed by atoms with E-state index in [9.17, 15) is 4.79 Å². The zero-order chi connectivity index (χ0) is 20.5. The van der Waals surface area contributed by atoms with Gasteiger partial charge in [-0.3, -0.25) is 9.36 Å². The van der Waals surface area contributed by atoms with Gasteiger partial charge < -0.3 is 0 Å². The quantitative estimate of drug-likeness (QED) is 0.318. The SMILES string of the molecule is CC(=O)n1c(-c2ccc3ccccc3c2)cc(-c2ccccc2)c1-c1ccccc1. The third-order valence-corrected chi connectivity index (χ3v) is 5.49. The van der Waals surface area contributed by atoms with Crippen LogP contribution in [0.2, 0.25) is 0 Å². The third-order valence-electron chi connectivity index (χ3n) is 5.49. The van der Waals surface area contributed by atoms with Crippen LogP contribution in [0.25, 0.3) is 44.4 Å². The van der Waals surface area contributed by atoms with Gasteiger partial charge in [-0.25, -0.2) is 0 Å². The lowest BCUT2D eigenvalue weighted by atomic mass is 10.0. The summed E-state index contributed by atoms with van der Waals surface area (Å²) in [5, 5.41) is 2.35. The minimum Gasteiger partial charge on any atom is -0.279 e. The van der Waals surface area contributed by atoms with Crippen LogP contribution in [-0.4, -0.2) is 10.5 Å². The molecule has 2 heteroatoms. The largest absolute Gasteiger partial charge is 0.279 e. The van der Waals surface area contributed by atoms with Gasteiger partial charge in [0.25, 0.3) is 0 Å². The molecule has 0 aliphatic rings. The molecule has 0 bridgehead atoms. The smallest absolute Gasteiger partial charge is 0.228 e. The van der Waals surface area contributed by atoms with Crippen LogP contribution < -0.4 is 0 Å². The van der Waals surface area contributed by atoms with E-state index in [1.165, 1.54) is 5.39 Å². The van der Waals surface area contributed by atoms with Crippen molar-refractivity contribution in [3.05, 3.63) is 109 Å². The molecule has 0 saturated carbocycles. The second-order valence-corrected chi connectivity index (χ2v) is 7.44. The molecule has 0 saturated heterocycles. The molecule has 0 unspecified atom stereocenters. The molecule has 2 nitrogen and oxygen atoms in total. The van der Waals surface area contributed by atoms with Gasteiger partial charge in [0.15, 0.2) is 0 Å². The van der Waals surface area contributed by atoms with Crippen molar-refractivity contribution >= 4 is 16.7 Å². The normalized spacial score (nSPS) is 11.0. The van der Waals surface area contributed by atoms with Crippen LogP contribution in [0.5, 0.6) is 0 Å². The van der Waals surface area contributed by atoms with Crippen LogP contribution in [0, 0.1) is 0 Å². The first-order valence-corrected chi connectivity index (χ1v) is 10.1. The molecule has 0 atom stereocenters. The van der Waals surface area contributed by atoms with E-state index in [1.54, 1.807) is 6.92 Å². The summed E-state index contributed by atoms with van der Waals surface area (Å²) >= 11 is 0. The Morgan fingerprint density at radius 3 is 1.87 bits per heavy atom. The van der Waals surface area contributed by atoms with E-state index in [2.05, 4.69) is 60.7 Å². The predicted molar refractivity (Wildman–Crippen MR) is 125 cm³/mol. The van der Waals surface area contributed by atoms with Crippen molar-refractivity contribution in [1.29, 1.82) is 0 Å². The summed E-state index contributed by atoms with van der Waals surface area (Å²) in [7, 11) is 0. The molecule has 5 rings (SSSR count). The van der Waals surface area contributed by atoms with Crippen molar-refractivity contribution in [1.82, 2.24) is 4.57 Å². The topological polar surface area (TPSA) is 22.0 Å². The fraction of sp³-hybridized carbons (Fsp3) is 0.0357. The third kappa shape index (κ3) is 3.13. The van der Waals surface area contributed by atoms with Crippen molar-refractivity contribution in [3.8, 4) is 33.6 Å². The second kappa shape index (κ2) is 7.49. The number of hydrogen-bond acceptors (Lipinski definition) is 1. The highest BCUT2D eigenvalue weighted by molar-refractivity contribution is 5.97. The zero-order valence-electron chi connectivity index (χ0n) is 16.7. The van der Waals surface area contributed by atoms with Gasteiger partial charge in [0.1, 0.15) is 0 Å². The minimum atomic E-state index is -0.000747. The minimum absolute atomic E-state index is 0.000747. The second-order valence-electron chi connectivity index (χ2n) is 7.44. The van der Waals surface area contributed by atoms with Crippen LogP contribution in [-0.2, 0) is 0 Å². The maximum absolute atomic E-state index is 12.9. The van der Waals surface area contributed by atoms with Crippen molar-refractivity contribution in [3.63, 3.8) is 0 Å². The molecule has 0 fully saturated rings. The van der Waals surface area contributed by atoms with Gasteiger partial charge in [-0.05, 0) is 39.6 Å². The first-order valence-electron chi connectivity index (χ1n) is 10.1. The maximum atomic E-state index is 12.9. The first kappa shape index (κ1) is 18.1. The highest BCUT2D eigenvalue weighted by Crippen LogP contribution is 2.39. The van der Waals surface area contributed by atoms with Gasteiger partial charge in [0, 0.05) is 12.5 Å². The molecule has 5 aromatic rings. The Kier molecular flexibility index (Phi) is 4.53. The molecule has 0 amide bonds. The molecule has 0 aliphatic carbocycles. The number of aromatic nitrogens is 1. The van der Waals surface area contributed by atoms with Crippen molar-refractivity contribution < 1.29 is 4.79 Å². The number of benzene rings is 4. The summed E-state index contributed by atoms with van der Waals surface area (Å²) in [6, 6.07) is 37.2. The molecular formula is C28H21NO. The number of hydrogen-bond donors (Lipinski definition) is 0. The van der Waals surface area contributed by atoms with Crippen LogP contribution in [0.3, 0.4) is 0 Å². The van der Waals surface area contributed by atoms with E-state index in [4.69, 9.17) is 0 Å². The molecule has 0 radical (unpaired) electrons. The monoisotopic (exact) mass is 387 g/mol. The Bertz CT molecular complexity index is 1350. The Balaban J connectivity index is 1.83. The molecule has 1 heterocycles. The summed E-state index contributed by atoms with van der Waals surface area (Å²) in [5.41, 5.74) is 6.05. The molecule has 4 aromatic carbocycles. The summed E-state index contributed by atoms with van der Waals surface area (Å²) in [6.45, 7) is 1.63. The average molecular weight is 387 g/mol. The van der Waals surface area contributed by atoms with Crippen LogP contribution in [0.4, 0.5) is 0 Å². The lowest BCUT2D eigenvalue weighted by Crippen LogP contribution is -2.09. The molecule has 144 valence electrons. The van der Waals surface area contributed by atoms with Gasteiger partial charge in [-0.15, -0.1) is 0 Å². The summed E-state index contributed by atoms with van der Waals surface area (Å²) in [4.78, 5) is 12.9. The fourth-order valence-electron chi connectivity index (χ4n) is 4.12. The first-order chi connectivity index (χ1) is 14.7. The Morgan fingerprint density at radius 1 is 0.600 bits per heavy atom. The number of nitrogens with zero attached hydrogens (tertiary/aromatic N) is 1. The number of carbonyl (C=O) groups excluding carboxylic acids is 1. The number of rotatable bonds is 3. The van der Waals surface area contributed by atoms with E-state index in [-0.39, 0.29) is 5.91 Å². The van der Waals surface area contributed by atoms with Crippen molar-refractivity contribution in [2.24, 2.45) is 0 Å². The molecule has 30 heavy (non-hydrogen) atoms. The molecule has 0 spiro atoms. The summed E-state index contributed by atoms with van der Waals surface area (Å²) in [5.74, 6) is -0.000747. The zero-order valence-corrected chi connectivity index (χ0v) is 16.7. The maximum Gasteiger partial charge on any atom is 0.228 e. The van der Waals surface area contributed by atoms with E-state index >= 15 is 0 Å². The van der Waals surface area contributed by atoms with E-state index < -0.39 is 0 Å². The van der Waals surface area contributed by atoms with E-state index in [0.29, 0.717) is 0 Å². The lowest BCUT2D eigenvalue weighted by Gasteiger charge is -2.12. The van der Waals surface area contributed by atoms with Gasteiger partial charge >= 0.3 is 0 Å². The van der Waals surface area contributed by atoms with Crippen LogP contribution in [0.1, 0.15) is 11.7 Å². The van der Waals surface area contributed by atoms with Crippen LogP contribution >= 0.6 is 0 Å². The van der Waals surface area contributed by atoms with E-state index in [0.717, 1.165) is 39.0 Å². The molecule has 0 N–H and O–H groups in total. The van der Waals surface area contributed by atoms with Gasteiger partial charge in [-0.2, -0.15) is 0 Å². The van der Waals surface area contributed by atoms with Crippen LogP contribution in [0.15, 0.2) is 109 Å². The average Bonchev–Trinajstić information content (AvgIpc) is 3.21.